The van der Waals surface area contributed by atoms with Crippen LogP contribution in [0.4, 0.5) is 5.69 Å². The van der Waals surface area contributed by atoms with Crippen LogP contribution in [0.1, 0.15) is 35.4 Å². The predicted octanol–water partition coefficient (Wildman–Crippen LogP) is 2.68. The number of nitrogens with zero attached hydrogens (tertiary/aromatic N) is 1. The maximum atomic E-state index is 12.8. The van der Waals surface area contributed by atoms with Crippen molar-refractivity contribution in [3.8, 4) is 0 Å². The molecule has 0 spiro atoms. The number of rotatable bonds is 7. The molecule has 150 valence electrons. The van der Waals surface area contributed by atoms with Crippen molar-refractivity contribution in [1.82, 2.24) is 9.62 Å². The van der Waals surface area contributed by atoms with Crippen LogP contribution in [0.3, 0.4) is 0 Å². The lowest BCUT2D eigenvalue weighted by atomic mass is 10.2. The first-order valence-electron chi connectivity index (χ1n) is 9.18. The van der Waals surface area contributed by atoms with Crippen LogP contribution < -0.4 is 10.6 Å². The van der Waals surface area contributed by atoms with Crippen molar-refractivity contribution in [2.45, 2.75) is 30.6 Å². The molecule has 0 atom stereocenters. The average molecular weight is 422 g/mol. The van der Waals surface area contributed by atoms with E-state index in [-0.39, 0.29) is 29.7 Å². The maximum Gasteiger partial charge on any atom is 0.261 e. The minimum absolute atomic E-state index is 0.0974. The summed E-state index contributed by atoms with van der Waals surface area (Å²) in [4.78, 5) is 24.7. The Kier molecular flexibility index (Phi) is 6.82. The number of benzene rings is 1. The molecule has 1 aliphatic rings. The van der Waals surface area contributed by atoms with Crippen molar-refractivity contribution in [3.63, 3.8) is 0 Å². The molecule has 3 rings (SSSR count). The fourth-order valence-electron chi connectivity index (χ4n) is 3.00. The van der Waals surface area contributed by atoms with Gasteiger partial charge in [-0.05, 0) is 42.5 Å². The molecule has 0 radical (unpaired) electrons. The number of amides is 2. The standard InChI is InChI=1S/C19H23N3O4S2/c23-18(9-10-20-19(24)17-8-5-13-27-17)21-15-6-4-7-16(14-15)28(25,26)22-11-2-1-3-12-22/h4-8,13-14H,1-3,9-12H2,(H,20,24)(H,21,23). The summed E-state index contributed by atoms with van der Waals surface area (Å²) < 4.78 is 27.0. The summed E-state index contributed by atoms with van der Waals surface area (Å²) in [5.74, 6) is -0.503. The summed E-state index contributed by atoms with van der Waals surface area (Å²) in [6, 6.07) is 9.79. The van der Waals surface area contributed by atoms with Crippen molar-refractivity contribution in [2.24, 2.45) is 0 Å². The molecule has 1 saturated heterocycles. The zero-order valence-electron chi connectivity index (χ0n) is 15.4. The number of sulfonamides is 1. The molecule has 2 aromatic rings. The molecular formula is C19H23N3O4S2. The first kappa shape index (κ1) is 20.5. The molecule has 7 nitrogen and oxygen atoms in total. The van der Waals surface area contributed by atoms with Gasteiger partial charge in [0.05, 0.1) is 9.77 Å². The van der Waals surface area contributed by atoms with E-state index in [1.807, 2.05) is 5.38 Å². The summed E-state index contributed by atoms with van der Waals surface area (Å²) in [6.07, 6.45) is 2.88. The molecule has 1 aromatic carbocycles. The Hall–Kier alpha value is -2.23. The van der Waals surface area contributed by atoms with Crippen molar-refractivity contribution < 1.29 is 18.0 Å². The highest BCUT2D eigenvalue weighted by Crippen LogP contribution is 2.23. The zero-order chi connectivity index (χ0) is 20.0. The first-order chi connectivity index (χ1) is 13.5. The highest BCUT2D eigenvalue weighted by molar-refractivity contribution is 7.89. The number of anilines is 1. The predicted molar refractivity (Wildman–Crippen MR) is 109 cm³/mol. The molecule has 0 saturated carbocycles. The van der Waals surface area contributed by atoms with E-state index in [1.165, 1.54) is 21.7 Å². The van der Waals surface area contributed by atoms with Gasteiger partial charge in [0.15, 0.2) is 0 Å². The third kappa shape index (κ3) is 5.18. The van der Waals surface area contributed by atoms with Gasteiger partial charge in [0.2, 0.25) is 15.9 Å². The van der Waals surface area contributed by atoms with Crippen molar-refractivity contribution in [2.75, 3.05) is 25.0 Å². The van der Waals surface area contributed by atoms with Crippen LogP contribution in [0.5, 0.6) is 0 Å². The van der Waals surface area contributed by atoms with Crippen molar-refractivity contribution >= 4 is 38.9 Å². The summed E-state index contributed by atoms with van der Waals surface area (Å²) in [5.41, 5.74) is 0.424. The lowest BCUT2D eigenvalue weighted by Crippen LogP contribution is -2.35. The van der Waals surface area contributed by atoms with Gasteiger partial charge in [0, 0.05) is 31.7 Å². The Morgan fingerprint density at radius 3 is 2.57 bits per heavy atom. The van der Waals surface area contributed by atoms with Crippen LogP contribution in [0.15, 0.2) is 46.7 Å². The molecule has 1 fully saturated rings. The Morgan fingerprint density at radius 2 is 1.86 bits per heavy atom. The topological polar surface area (TPSA) is 95.6 Å². The van der Waals surface area contributed by atoms with E-state index >= 15 is 0 Å². The van der Waals surface area contributed by atoms with Crippen LogP contribution in [0.2, 0.25) is 0 Å². The average Bonchev–Trinajstić information content (AvgIpc) is 3.24. The third-order valence-corrected chi connectivity index (χ3v) is 7.22. The molecule has 2 N–H and O–H groups in total. The minimum Gasteiger partial charge on any atom is -0.351 e. The Labute approximate surface area is 168 Å². The molecule has 0 unspecified atom stereocenters. The quantitative estimate of drug-likeness (QED) is 0.718. The number of hydrogen-bond acceptors (Lipinski definition) is 5. The van der Waals surface area contributed by atoms with Crippen molar-refractivity contribution in [1.29, 1.82) is 0 Å². The molecule has 0 bridgehead atoms. The monoisotopic (exact) mass is 421 g/mol. The van der Waals surface area contributed by atoms with Crippen LogP contribution in [-0.4, -0.2) is 44.2 Å². The van der Waals surface area contributed by atoms with E-state index in [4.69, 9.17) is 0 Å². The SMILES string of the molecule is O=C(CCNC(=O)c1cccs1)Nc1cccc(S(=O)(=O)N2CCCCC2)c1. The Morgan fingerprint density at radius 1 is 1.07 bits per heavy atom. The van der Waals surface area contributed by atoms with Gasteiger partial charge in [0.1, 0.15) is 0 Å². The second-order valence-corrected chi connectivity index (χ2v) is 9.41. The third-order valence-electron chi connectivity index (χ3n) is 4.45. The van der Waals surface area contributed by atoms with Gasteiger partial charge in [0.25, 0.3) is 5.91 Å². The van der Waals surface area contributed by atoms with E-state index in [0.717, 1.165) is 19.3 Å². The highest BCUT2D eigenvalue weighted by atomic mass is 32.2. The van der Waals surface area contributed by atoms with Gasteiger partial charge in [-0.2, -0.15) is 4.31 Å². The summed E-state index contributed by atoms with van der Waals surface area (Å²) in [5, 5.41) is 7.20. The summed E-state index contributed by atoms with van der Waals surface area (Å²) in [6.45, 7) is 1.26. The Bertz CT molecular complexity index is 920. The zero-order valence-corrected chi connectivity index (χ0v) is 17.0. The van der Waals surface area contributed by atoms with E-state index < -0.39 is 10.0 Å². The first-order valence-corrected chi connectivity index (χ1v) is 11.5. The molecule has 0 aliphatic carbocycles. The summed E-state index contributed by atoms with van der Waals surface area (Å²) in [7, 11) is -3.55. The number of nitrogens with one attached hydrogen (secondary N) is 2. The second kappa shape index (κ2) is 9.31. The number of carbonyl (C=O) groups is 2. The lowest BCUT2D eigenvalue weighted by molar-refractivity contribution is -0.116. The van der Waals surface area contributed by atoms with E-state index in [1.54, 1.807) is 30.3 Å². The van der Waals surface area contributed by atoms with E-state index in [0.29, 0.717) is 23.7 Å². The highest BCUT2D eigenvalue weighted by Gasteiger charge is 2.26. The molecule has 9 heteroatoms. The van der Waals surface area contributed by atoms with Gasteiger partial charge in [-0.1, -0.05) is 18.6 Å². The molecule has 1 aliphatic heterocycles. The number of hydrogen-bond donors (Lipinski definition) is 2. The number of carbonyl (C=O) groups excluding carboxylic acids is 2. The molecule has 1 aromatic heterocycles. The van der Waals surface area contributed by atoms with E-state index in [2.05, 4.69) is 10.6 Å². The normalized spacial score (nSPS) is 15.1. The van der Waals surface area contributed by atoms with Gasteiger partial charge in [-0.3, -0.25) is 9.59 Å². The van der Waals surface area contributed by atoms with Gasteiger partial charge in [-0.25, -0.2) is 8.42 Å². The molecule has 2 heterocycles. The van der Waals surface area contributed by atoms with Gasteiger partial charge >= 0.3 is 0 Å². The fraction of sp³-hybridized carbons (Fsp3) is 0.368. The Balaban J connectivity index is 1.55. The maximum absolute atomic E-state index is 12.8. The smallest absolute Gasteiger partial charge is 0.261 e. The molecule has 28 heavy (non-hydrogen) atoms. The number of piperidine rings is 1. The largest absolute Gasteiger partial charge is 0.351 e. The second-order valence-electron chi connectivity index (χ2n) is 6.52. The van der Waals surface area contributed by atoms with E-state index in [9.17, 15) is 18.0 Å². The fourth-order valence-corrected chi connectivity index (χ4v) is 5.20. The van der Waals surface area contributed by atoms with Crippen LogP contribution >= 0.6 is 11.3 Å². The van der Waals surface area contributed by atoms with Crippen molar-refractivity contribution in [3.05, 3.63) is 46.7 Å². The summed E-state index contributed by atoms with van der Waals surface area (Å²) >= 11 is 1.33. The van der Waals surface area contributed by atoms with Crippen LogP contribution in [0, 0.1) is 0 Å². The van der Waals surface area contributed by atoms with Gasteiger partial charge < -0.3 is 10.6 Å². The molecular weight excluding hydrogens is 398 g/mol. The van der Waals surface area contributed by atoms with Crippen LogP contribution in [0.25, 0.3) is 0 Å². The molecule has 2 amide bonds. The van der Waals surface area contributed by atoms with Gasteiger partial charge in [-0.15, -0.1) is 11.3 Å². The number of thiophene rings is 1. The minimum atomic E-state index is -3.55. The lowest BCUT2D eigenvalue weighted by Gasteiger charge is -2.26. The van der Waals surface area contributed by atoms with Crippen LogP contribution in [-0.2, 0) is 14.8 Å².